The van der Waals surface area contributed by atoms with Gasteiger partial charge in [0.25, 0.3) is 0 Å². The molecule has 0 fully saturated rings. The number of nitrogens with one attached hydrogen (secondary N) is 1. The zero-order valence-electron chi connectivity index (χ0n) is 10.6. The normalized spacial score (nSPS) is 22.4. The van der Waals surface area contributed by atoms with Crippen LogP contribution in [0.5, 0.6) is 0 Å². The average molecular weight is 273 g/mol. The molecule has 1 atom stereocenters. The van der Waals surface area contributed by atoms with Crippen LogP contribution in [0.4, 0.5) is 18.9 Å². The highest BCUT2D eigenvalue weighted by Crippen LogP contribution is 2.36. The maximum Gasteiger partial charge on any atom is 0.416 e. The van der Waals surface area contributed by atoms with Crippen molar-refractivity contribution >= 4 is 11.7 Å². The van der Waals surface area contributed by atoms with E-state index in [1.54, 1.807) is 6.92 Å². The molecule has 0 bridgehead atoms. The first kappa shape index (κ1) is 13.7. The molecule has 0 saturated heterocycles. The minimum Gasteiger partial charge on any atom is -0.467 e. The number of ether oxygens (including phenoxy) is 1. The number of alkyl halides is 3. The fraction of sp³-hybridized carbons (Fsp3) is 0.462. The third-order valence-corrected chi connectivity index (χ3v) is 3.37. The largest absolute Gasteiger partial charge is 0.467 e. The molecular weight excluding hydrogens is 259 g/mol. The van der Waals surface area contributed by atoms with Crippen LogP contribution in [-0.2, 0) is 22.1 Å². The summed E-state index contributed by atoms with van der Waals surface area (Å²) < 4.78 is 42.5. The molecule has 2 rings (SSSR count). The maximum absolute atomic E-state index is 12.6. The van der Waals surface area contributed by atoms with Gasteiger partial charge in [-0.2, -0.15) is 13.2 Å². The van der Waals surface area contributed by atoms with E-state index in [9.17, 15) is 18.0 Å². The molecule has 1 aromatic carbocycles. The number of fused-ring (bicyclic) bond motifs is 1. The molecule has 0 aromatic heterocycles. The van der Waals surface area contributed by atoms with Crippen molar-refractivity contribution in [3.05, 3.63) is 29.3 Å². The summed E-state index contributed by atoms with van der Waals surface area (Å²) in [4.78, 5) is 11.7. The molecule has 1 aliphatic heterocycles. The van der Waals surface area contributed by atoms with Crippen LogP contribution in [0.15, 0.2) is 18.2 Å². The summed E-state index contributed by atoms with van der Waals surface area (Å²) in [5, 5.41) is 2.96. The van der Waals surface area contributed by atoms with Gasteiger partial charge in [-0.05, 0) is 43.5 Å². The van der Waals surface area contributed by atoms with Gasteiger partial charge < -0.3 is 10.1 Å². The molecular formula is C13H14F3NO2. The van der Waals surface area contributed by atoms with E-state index in [0.29, 0.717) is 24.1 Å². The van der Waals surface area contributed by atoms with Gasteiger partial charge in [-0.15, -0.1) is 0 Å². The topological polar surface area (TPSA) is 38.3 Å². The number of aryl methyl sites for hydroxylation is 1. The molecule has 1 aliphatic rings. The van der Waals surface area contributed by atoms with Crippen molar-refractivity contribution < 1.29 is 22.7 Å². The minimum absolute atomic E-state index is 0.397. The number of anilines is 1. The van der Waals surface area contributed by atoms with E-state index in [1.807, 2.05) is 0 Å². The maximum atomic E-state index is 12.6. The standard InChI is InChI=1S/C13H14F3NO2/c1-12(11(18)19-2)6-5-8-7-9(13(14,15)16)3-4-10(8)17-12/h3-4,7,17H,5-6H2,1-2H3. The predicted octanol–water partition coefficient (Wildman–Crippen LogP) is 3.00. The van der Waals surface area contributed by atoms with Crippen molar-refractivity contribution in [1.82, 2.24) is 0 Å². The third-order valence-electron chi connectivity index (χ3n) is 3.37. The molecule has 1 aromatic rings. The fourth-order valence-corrected chi connectivity index (χ4v) is 2.22. The SMILES string of the molecule is COC(=O)C1(C)CCc2cc(C(F)(F)F)ccc2N1. The van der Waals surface area contributed by atoms with E-state index in [-0.39, 0.29) is 0 Å². The first-order chi connectivity index (χ1) is 8.76. The van der Waals surface area contributed by atoms with E-state index in [1.165, 1.54) is 13.2 Å². The second-order valence-corrected chi connectivity index (χ2v) is 4.82. The summed E-state index contributed by atoms with van der Waals surface area (Å²) in [6.45, 7) is 1.68. The number of hydrogen-bond donors (Lipinski definition) is 1. The molecule has 19 heavy (non-hydrogen) atoms. The molecule has 104 valence electrons. The first-order valence-electron chi connectivity index (χ1n) is 5.83. The third kappa shape index (κ3) is 2.52. The van der Waals surface area contributed by atoms with Gasteiger partial charge in [0.05, 0.1) is 12.7 Å². The van der Waals surface area contributed by atoms with Crippen LogP contribution < -0.4 is 5.32 Å². The zero-order valence-corrected chi connectivity index (χ0v) is 10.6. The highest BCUT2D eigenvalue weighted by Gasteiger charge is 2.38. The van der Waals surface area contributed by atoms with Crippen LogP contribution in [-0.4, -0.2) is 18.6 Å². The second-order valence-electron chi connectivity index (χ2n) is 4.82. The summed E-state index contributed by atoms with van der Waals surface area (Å²) in [6, 6.07) is 3.49. The smallest absolute Gasteiger partial charge is 0.416 e. The molecule has 1 N–H and O–H groups in total. The van der Waals surface area contributed by atoms with Crippen LogP contribution in [0.1, 0.15) is 24.5 Å². The van der Waals surface area contributed by atoms with Gasteiger partial charge in [-0.3, -0.25) is 0 Å². The second kappa shape index (κ2) is 4.43. The number of esters is 1. The lowest BCUT2D eigenvalue weighted by atomic mass is 9.87. The Morgan fingerprint density at radius 3 is 2.68 bits per heavy atom. The van der Waals surface area contributed by atoms with E-state index < -0.39 is 23.2 Å². The van der Waals surface area contributed by atoms with Gasteiger partial charge in [0.2, 0.25) is 0 Å². The Kier molecular flexibility index (Phi) is 3.20. The lowest BCUT2D eigenvalue weighted by Gasteiger charge is -2.34. The Morgan fingerprint density at radius 2 is 2.11 bits per heavy atom. The van der Waals surface area contributed by atoms with E-state index in [2.05, 4.69) is 5.32 Å². The fourth-order valence-electron chi connectivity index (χ4n) is 2.22. The van der Waals surface area contributed by atoms with Crippen LogP contribution in [0.25, 0.3) is 0 Å². The predicted molar refractivity (Wildman–Crippen MR) is 63.8 cm³/mol. The molecule has 0 radical (unpaired) electrons. The Labute approximate surface area is 108 Å². The monoisotopic (exact) mass is 273 g/mol. The number of carbonyl (C=O) groups excluding carboxylic acids is 1. The molecule has 1 unspecified atom stereocenters. The van der Waals surface area contributed by atoms with Gasteiger partial charge in [-0.1, -0.05) is 0 Å². The quantitative estimate of drug-likeness (QED) is 0.799. The number of benzene rings is 1. The molecule has 6 heteroatoms. The zero-order chi connectivity index (χ0) is 14.3. The average Bonchev–Trinajstić information content (AvgIpc) is 2.35. The highest BCUT2D eigenvalue weighted by molar-refractivity contribution is 5.85. The van der Waals surface area contributed by atoms with E-state index in [0.717, 1.165) is 12.1 Å². The van der Waals surface area contributed by atoms with Gasteiger partial charge in [0.15, 0.2) is 0 Å². The molecule has 0 amide bonds. The van der Waals surface area contributed by atoms with Gasteiger partial charge in [0.1, 0.15) is 5.54 Å². The Morgan fingerprint density at radius 1 is 1.42 bits per heavy atom. The van der Waals surface area contributed by atoms with Crippen molar-refractivity contribution in [2.45, 2.75) is 31.5 Å². The Hall–Kier alpha value is -1.72. The van der Waals surface area contributed by atoms with Crippen LogP contribution >= 0.6 is 0 Å². The van der Waals surface area contributed by atoms with Gasteiger partial charge in [0, 0.05) is 5.69 Å². The van der Waals surface area contributed by atoms with Crippen molar-refractivity contribution in [3.63, 3.8) is 0 Å². The first-order valence-corrected chi connectivity index (χ1v) is 5.83. The van der Waals surface area contributed by atoms with Crippen molar-refractivity contribution in [3.8, 4) is 0 Å². The van der Waals surface area contributed by atoms with Crippen LogP contribution in [0.3, 0.4) is 0 Å². The van der Waals surface area contributed by atoms with E-state index >= 15 is 0 Å². The number of halogens is 3. The van der Waals surface area contributed by atoms with E-state index in [4.69, 9.17) is 4.74 Å². The van der Waals surface area contributed by atoms with Gasteiger partial charge >= 0.3 is 12.1 Å². The van der Waals surface area contributed by atoms with Crippen molar-refractivity contribution in [1.29, 1.82) is 0 Å². The Balaban J connectivity index is 2.31. The number of rotatable bonds is 1. The molecule has 0 saturated carbocycles. The summed E-state index contributed by atoms with van der Waals surface area (Å²) in [7, 11) is 1.29. The Bertz CT molecular complexity index is 513. The van der Waals surface area contributed by atoms with Gasteiger partial charge in [-0.25, -0.2) is 4.79 Å². The van der Waals surface area contributed by atoms with Crippen LogP contribution in [0, 0.1) is 0 Å². The van der Waals surface area contributed by atoms with Crippen molar-refractivity contribution in [2.24, 2.45) is 0 Å². The molecule has 3 nitrogen and oxygen atoms in total. The lowest BCUT2D eigenvalue weighted by molar-refractivity contribution is -0.145. The number of hydrogen-bond acceptors (Lipinski definition) is 3. The number of methoxy groups -OCH3 is 1. The molecule has 0 aliphatic carbocycles. The summed E-state index contributed by atoms with van der Waals surface area (Å²) >= 11 is 0. The summed E-state index contributed by atoms with van der Waals surface area (Å²) in [5.41, 5.74) is -0.445. The summed E-state index contributed by atoms with van der Waals surface area (Å²) in [5.74, 6) is -0.418. The summed E-state index contributed by atoms with van der Waals surface area (Å²) in [6.07, 6.45) is -3.55. The molecule has 1 heterocycles. The molecule has 0 spiro atoms. The number of carbonyl (C=O) groups is 1. The highest BCUT2D eigenvalue weighted by atomic mass is 19.4. The van der Waals surface area contributed by atoms with Crippen LogP contribution in [0.2, 0.25) is 0 Å². The minimum atomic E-state index is -4.35. The van der Waals surface area contributed by atoms with Crippen molar-refractivity contribution in [2.75, 3.05) is 12.4 Å². The lowest BCUT2D eigenvalue weighted by Crippen LogP contribution is -2.47.